The van der Waals surface area contributed by atoms with E-state index < -0.39 is 5.97 Å². The topological polar surface area (TPSA) is 82.1 Å². The highest BCUT2D eigenvalue weighted by molar-refractivity contribution is 8.18. The lowest BCUT2D eigenvalue weighted by Crippen LogP contribution is -2.32. The molecule has 2 aromatic carbocycles. The smallest absolute Gasteiger partial charge is 0.308 e. The summed E-state index contributed by atoms with van der Waals surface area (Å²) < 4.78 is 16.1. The number of thioether (sulfide) groups is 1. The minimum Gasteiger partial charge on any atom is -0.493 e. The van der Waals surface area contributed by atoms with E-state index in [1.165, 1.54) is 18.9 Å². The number of amides is 2. The van der Waals surface area contributed by atoms with Gasteiger partial charge in [0.2, 0.25) is 0 Å². The van der Waals surface area contributed by atoms with Gasteiger partial charge in [-0.1, -0.05) is 18.2 Å². The molecule has 0 aliphatic carbocycles. The standard InChI is InChI=1S/C23H23NO6S/c1-14-5-6-15(2)19(11-14)29-10-9-24-22(26)21(31-23(24)27)13-17-7-8-18(30-16(3)25)20(12-17)28-4/h5-8,11-13H,9-10H2,1-4H3/b21-13-. The molecule has 0 spiro atoms. The lowest BCUT2D eigenvalue weighted by Gasteiger charge is -2.14. The van der Waals surface area contributed by atoms with Gasteiger partial charge < -0.3 is 14.2 Å². The van der Waals surface area contributed by atoms with Crippen LogP contribution >= 0.6 is 11.8 Å². The van der Waals surface area contributed by atoms with Crippen LogP contribution in [0.4, 0.5) is 4.79 Å². The van der Waals surface area contributed by atoms with Crippen LogP contribution in [0.25, 0.3) is 6.08 Å². The fourth-order valence-corrected chi connectivity index (χ4v) is 3.83. The first-order valence-corrected chi connectivity index (χ1v) is 10.4. The Kier molecular flexibility index (Phi) is 7.02. The summed E-state index contributed by atoms with van der Waals surface area (Å²) >= 11 is 0.874. The van der Waals surface area contributed by atoms with Gasteiger partial charge in [0.1, 0.15) is 12.4 Å². The maximum absolute atomic E-state index is 12.7. The van der Waals surface area contributed by atoms with E-state index in [0.717, 1.165) is 28.6 Å². The molecule has 31 heavy (non-hydrogen) atoms. The summed E-state index contributed by atoms with van der Waals surface area (Å²) in [6.45, 7) is 5.58. The van der Waals surface area contributed by atoms with E-state index in [9.17, 15) is 14.4 Å². The molecule has 1 saturated heterocycles. The van der Waals surface area contributed by atoms with Crippen molar-refractivity contribution in [2.24, 2.45) is 0 Å². The molecule has 2 aromatic rings. The number of aryl methyl sites for hydroxylation is 2. The molecule has 1 heterocycles. The van der Waals surface area contributed by atoms with E-state index in [-0.39, 0.29) is 30.0 Å². The number of ether oxygens (including phenoxy) is 3. The second kappa shape index (κ2) is 9.70. The Morgan fingerprint density at radius 3 is 2.55 bits per heavy atom. The molecule has 0 unspecified atom stereocenters. The predicted molar refractivity (Wildman–Crippen MR) is 118 cm³/mol. The SMILES string of the molecule is COc1cc(/C=C2\SC(=O)N(CCOc3cc(C)ccc3C)C2=O)ccc1OC(C)=O. The number of imide groups is 1. The first-order chi connectivity index (χ1) is 14.8. The van der Waals surface area contributed by atoms with Crippen molar-refractivity contribution in [3.63, 3.8) is 0 Å². The number of carbonyl (C=O) groups excluding carboxylic acids is 3. The summed E-state index contributed by atoms with van der Waals surface area (Å²) in [6.07, 6.45) is 1.61. The molecule has 1 aliphatic heterocycles. The van der Waals surface area contributed by atoms with Crippen LogP contribution in [0.1, 0.15) is 23.6 Å². The first-order valence-electron chi connectivity index (χ1n) is 9.60. The molecule has 1 aliphatic rings. The second-order valence-electron chi connectivity index (χ2n) is 6.95. The monoisotopic (exact) mass is 441 g/mol. The van der Waals surface area contributed by atoms with Crippen molar-refractivity contribution >= 4 is 35.0 Å². The predicted octanol–water partition coefficient (Wildman–Crippen LogP) is 4.35. The van der Waals surface area contributed by atoms with Crippen molar-refractivity contribution in [3.8, 4) is 17.2 Å². The number of hydrogen-bond acceptors (Lipinski definition) is 7. The van der Waals surface area contributed by atoms with Crippen molar-refractivity contribution in [1.29, 1.82) is 0 Å². The number of nitrogens with zero attached hydrogens (tertiary/aromatic N) is 1. The summed E-state index contributed by atoms with van der Waals surface area (Å²) in [4.78, 5) is 37.7. The van der Waals surface area contributed by atoms with Crippen molar-refractivity contribution in [2.45, 2.75) is 20.8 Å². The fraction of sp³-hybridized carbons (Fsp3) is 0.261. The molecule has 7 nitrogen and oxygen atoms in total. The van der Waals surface area contributed by atoms with E-state index in [2.05, 4.69) is 0 Å². The van der Waals surface area contributed by atoms with Gasteiger partial charge in [-0.05, 0) is 66.6 Å². The lowest BCUT2D eigenvalue weighted by molar-refractivity contribution is -0.132. The largest absolute Gasteiger partial charge is 0.493 e. The van der Waals surface area contributed by atoms with E-state index in [1.54, 1.807) is 24.3 Å². The maximum Gasteiger partial charge on any atom is 0.308 e. The number of esters is 1. The van der Waals surface area contributed by atoms with Crippen LogP contribution in [0.3, 0.4) is 0 Å². The van der Waals surface area contributed by atoms with E-state index in [1.807, 2.05) is 32.0 Å². The number of methoxy groups -OCH3 is 1. The van der Waals surface area contributed by atoms with Gasteiger partial charge >= 0.3 is 5.97 Å². The summed E-state index contributed by atoms with van der Waals surface area (Å²) in [7, 11) is 1.45. The quantitative estimate of drug-likeness (QED) is 0.359. The zero-order valence-corrected chi connectivity index (χ0v) is 18.6. The molecule has 0 radical (unpaired) electrons. The van der Waals surface area contributed by atoms with Crippen molar-refractivity contribution in [1.82, 2.24) is 4.90 Å². The van der Waals surface area contributed by atoms with E-state index in [4.69, 9.17) is 14.2 Å². The van der Waals surface area contributed by atoms with Gasteiger partial charge in [0.25, 0.3) is 11.1 Å². The highest BCUT2D eigenvalue weighted by atomic mass is 32.2. The normalized spacial score (nSPS) is 14.8. The van der Waals surface area contributed by atoms with E-state index >= 15 is 0 Å². The molecule has 0 N–H and O–H groups in total. The lowest BCUT2D eigenvalue weighted by atomic mass is 10.1. The Morgan fingerprint density at radius 2 is 1.84 bits per heavy atom. The van der Waals surface area contributed by atoms with Crippen LogP contribution < -0.4 is 14.2 Å². The Labute approximate surface area is 185 Å². The molecule has 0 atom stereocenters. The van der Waals surface area contributed by atoms with Gasteiger partial charge in [-0.3, -0.25) is 19.3 Å². The van der Waals surface area contributed by atoms with Crippen molar-refractivity contribution < 1.29 is 28.6 Å². The molecule has 3 rings (SSSR count). The second-order valence-corrected chi connectivity index (χ2v) is 7.95. The minimum atomic E-state index is -0.463. The van der Waals surface area contributed by atoms with Crippen LogP contribution in [-0.4, -0.2) is 42.3 Å². The third-order valence-corrected chi connectivity index (χ3v) is 5.44. The molecule has 162 valence electrons. The van der Waals surface area contributed by atoms with Gasteiger partial charge in [0.15, 0.2) is 11.5 Å². The number of benzene rings is 2. The average molecular weight is 442 g/mol. The molecule has 1 fully saturated rings. The van der Waals surface area contributed by atoms with Crippen LogP contribution in [-0.2, 0) is 9.59 Å². The summed E-state index contributed by atoms with van der Waals surface area (Å²) in [6, 6.07) is 10.8. The van der Waals surface area contributed by atoms with Crippen molar-refractivity contribution in [2.75, 3.05) is 20.3 Å². The van der Waals surface area contributed by atoms with E-state index in [0.29, 0.717) is 16.2 Å². The molecule has 2 amide bonds. The third-order valence-electron chi connectivity index (χ3n) is 4.53. The van der Waals surface area contributed by atoms with Gasteiger partial charge in [-0.25, -0.2) is 0 Å². The van der Waals surface area contributed by atoms with Crippen LogP contribution in [0.2, 0.25) is 0 Å². The van der Waals surface area contributed by atoms with Gasteiger partial charge in [0, 0.05) is 6.92 Å². The van der Waals surface area contributed by atoms with Crippen LogP contribution in [0.5, 0.6) is 17.2 Å². The molecule has 0 bridgehead atoms. The molecular formula is C23H23NO6S. The maximum atomic E-state index is 12.7. The molecular weight excluding hydrogens is 418 g/mol. The Hall–Kier alpha value is -3.26. The number of carbonyl (C=O) groups is 3. The molecule has 0 saturated carbocycles. The molecule has 0 aromatic heterocycles. The van der Waals surface area contributed by atoms with Crippen molar-refractivity contribution in [3.05, 3.63) is 58.0 Å². The number of rotatable bonds is 7. The van der Waals surface area contributed by atoms with Gasteiger partial charge in [-0.15, -0.1) is 0 Å². The summed E-state index contributed by atoms with van der Waals surface area (Å²) in [5.74, 6) is 0.536. The van der Waals surface area contributed by atoms with Gasteiger partial charge in [0.05, 0.1) is 18.6 Å². The summed E-state index contributed by atoms with van der Waals surface area (Å²) in [5.41, 5.74) is 2.71. The Balaban J connectivity index is 1.68. The molecule has 8 heteroatoms. The Morgan fingerprint density at radius 1 is 1.06 bits per heavy atom. The minimum absolute atomic E-state index is 0.157. The third kappa shape index (κ3) is 5.46. The fourth-order valence-electron chi connectivity index (χ4n) is 2.97. The van der Waals surface area contributed by atoms with Crippen LogP contribution in [0, 0.1) is 13.8 Å². The Bertz CT molecular complexity index is 1060. The average Bonchev–Trinajstić information content (AvgIpc) is 2.98. The van der Waals surface area contributed by atoms with Crippen LogP contribution in [0.15, 0.2) is 41.3 Å². The number of hydrogen-bond donors (Lipinski definition) is 0. The highest BCUT2D eigenvalue weighted by Crippen LogP contribution is 2.34. The van der Waals surface area contributed by atoms with Gasteiger partial charge in [-0.2, -0.15) is 0 Å². The summed E-state index contributed by atoms with van der Waals surface area (Å²) in [5, 5.41) is -0.343. The highest BCUT2D eigenvalue weighted by Gasteiger charge is 2.34. The zero-order valence-electron chi connectivity index (χ0n) is 17.8. The first kappa shape index (κ1) is 22.4. The zero-order chi connectivity index (χ0) is 22.5.